The van der Waals surface area contributed by atoms with Crippen molar-refractivity contribution in [2.45, 2.75) is 64.1 Å². The minimum Gasteiger partial charge on any atom is -0.397 e. The van der Waals surface area contributed by atoms with Gasteiger partial charge in [-0.15, -0.1) is 5.10 Å². The first-order valence-electron chi connectivity index (χ1n) is 14.1. The van der Waals surface area contributed by atoms with Gasteiger partial charge in [-0.3, -0.25) is 14.6 Å². The van der Waals surface area contributed by atoms with Gasteiger partial charge in [0.2, 0.25) is 0 Å². The minimum absolute atomic E-state index is 0.0236. The molecule has 218 valence electrons. The summed E-state index contributed by atoms with van der Waals surface area (Å²) in [7, 11) is 0. The van der Waals surface area contributed by atoms with Crippen molar-refractivity contribution in [3.63, 3.8) is 0 Å². The first-order valence-corrected chi connectivity index (χ1v) is 14.1. The second-order valence-electron chi connectivity index (χ2n) is 11.3. The van der Waals surface area contributed by atoms with E-state index in [1.807, 2.05) is 30.8 Å². The number of halogens is 1. The number of pyridine rings is 2. The van der Waals surface area contributed by atoms with E-state index in [9.17, 15) is 14.0 Å². The monoisotopic (exact) mass is 570 g/mol. The molecule has 3 aromatic heterocycles. The van der Waals surface area contributed by atoms with Crippen LogP contribution in [0.1, 0.15) is 77.5 Å². The van der Waals surface area contributed by atoms with Gasteiger partial charge in [-0.25, -0.2) is 14.1 Å². The number of hydrogen-bond acceptors (Lipinski definition) is 8. The molecule has 42 heavy (non-hydrogen) atoms. The van der Waals surface area contributed by atoms with Crippen LogP contribution < -0.4 is 16.8 Å². The molecule has 0 aliphatic heterocycles. The fourth-order valence-electron chi connectivity index (χ4n) is 5.95. The lowest BCUT2D eigenvalue weighted by Gasteiger charge is -2.39. The molecule has 0 saturated heterocycles. The largest absolute Gasteiger partial charge is 0.397 e. The van der Waals surface area contributed by atoms with E-state index in [1.165, 1.54) is 24.3 Å². The van der Waals surface area contributed by atoms with E-state index in [4.69, 9.17) is 11.5 Å². The molecule has 1 aromatic carbocycles. The number of nitrogens with two attached hydrogens (primary N) is 2. The highest BCUT2D eigenvalue weighted by Gasteiger charge is 2.36. The third kappa shape index (κ3) is 6.06. The quantitative estimate of drug-likeness (QED) is 0.268. The predicted molar refractivity (Wildman–Crippen MR) is 157 cm³/mol. The Morgan fingerprint density at radius 2 is 1.95 bits per heavy atom. The van der Waals surface area contributed by atoms with Crippen LogP contribution in [-0.4, -0.2) is 48.7 Å². The maximum absolute atomic E-state index is 14.9. The zero-order valence-electron chi connectivity index (χ0n) is 23.9. The molecule has 3 heterocycles. The Morgan fingerprint density at radius 1 is 1.14 bits per heavy atom. The number of amides is 1. The third-order valence-corrected chi connectivity index (χ3v) is 7.83. The lowest BCUT2D eigenvalue weighted by Crippen LogP contribution is -2.42. The molecular weight excluding hydrogens is 535 g/mol. The van der Waals surface area contributed by atoms with Crippen LogP contribution in [0.15, 0.2) is 61.2 Å². The van der Waals surface area contributed by atoms with Crippen molar-refractivity contribution in [3.8, 4) is 11.3 Å². The Kier molecular flexibility index (Phi) is 8.39. The summed E-state index contributed by atoms with van der Waals surface area (Å²) < 4.78 is 16.7. The SMILES string of the molecule is CC(C)NC(=O)c1ccc(F)c(-c2ccc(N)c(C(=O)Cc3cnccc3[C@H]3C[C@@H](N)[C@@H](n4ccnn4)[C@@H](C)C3)n2)c1. The second kappa shape index (κ2) is 12.2. The Morgan fingerprint density at radius 3 is 2.67 bits per heavy atom. The van der Waals surface area contributed by atoms with Crippen molar-refractivity contribution in [2.75, 3.05) is 5.73 Å². The smallest absolute Gasteiger partial charge is 0.251 e. The highest BCUT2D eigenvalue weighted by molar-refractivity contribution is 6.01. The van der Waals surface area contributed by atoms with Crippen molar-refractivity contribution >= 4 is 17.4 Å². The predicted octanol–water partition coefficient (Wildman–Crippen LogP) is 4.10. The average Bonchev–Trinajstić information content (AvgIpc) is 3.47. The molecule has 1 fully saturated rings. The standard InChI is InChI=1S/C31H35FN8O2/c1-17(2)37-31(42)19-4-5-24(32)23(13-19)27-7-6-25(33)29(38-27)28(41)15-21-16-35-9-8-22(21)20-12-18(3)30(26(34)14-20)40-11-10-36-39-40/h4-11,13,16-18,20,26,30H,12,14-15,33-34H2,1-3H3,(H,37,42)/t18-,20+,26+,30-/m0/s1. The number of anilines is 1. The van der Waals surface area contributed by atoms with E-state index in [0.29, 0.717) is 0 Å². The molecule has 1 saturated carbocycles. The van der Waals surface area contributed by atoms with Crippen LogP contribution in [0.5, 0.6) is 0 Å². The number of benzene rings is 1. The van der Waals surface area contributed by atoms with Crippen LogP contribution in [0.3, 0.4) is 0 Å². The molecule has 5 N–H and O–H groups in total. The third-order valence-electron chi connectivity index (χ3n) is 7.83. The summed E-state index contributed by atoms with van der Waals surface area (Å²) in [5, 5.41) is 10.9. The van der Waals surface area contributed by atoms with Gasteiger partial charge in [0.15, 0.2) is 5.78 Å². The number of carbonyl (C=O) groups is 2. The molecule has 1 aliphatic carbocycles. The Balaban J connectivity index is 1.39. The summed E-state index contributed by atoms with van der Waals surface area (Å²) in [4.78, 5) is 34.9. The Labute approximate surface area is 243 Å². The summed E-state index contributed by atoms with van der Waals surface area (Å²) >= 11 is 0. The molecule has 0 radical (unpaired) electrons. The van der Waals surface area contributed by atoms with Gasteiger partial charge in [-0.05, 0) is 86.1 Å². The van der Waals surface area contributed by atoms with E-state index < -0.39 is 5.82 Å². The average molecular weight is 571 g/mol. The molecular formula is C31H35FN8O2. The molecule has 0 spiro atoms. The number of rotatable bonds is 8. The summed E-state index contributed by atoms with van der Waals surface area (Å²) in [5.74, 6) is -0.837. The summed E-state index contributed by atoms with van der Waals surface area (Å²) in [6.07, 6.45) is 8.52. The van der Waals surface area contributed by atoms with E-state index >= 15 is 0 Å². The van der Waals surface area contributed by atoms with Gasteiger partial charge in [0, 0.05) is 48.2 Å². The molecule has 4 atom stereocenters. The molecule has 5 rings (SSSR count). The number of ketones is 1. The van der Waals surface area contributed by atoms with Crippen molar-refractivity contribution in [1.29, 1.82) is 0 Å². The maximum atomic E-state index is 14.9. The normalized spacial score (nSPS) is 20.4. The van der Waals surface area contributed by atoms with Crippen LogP contribution >= 0.6 is 0 Å². The van der Waals surface area contributed by atoms with Gasteiger partial charge >= 0.3 is 0 Å². The number of Topliss-reactive ketones (excluding diaryl/α,β-unsaturated/α-hetero) is 1. The lowest BCUT2D eigenvalue weighted by atomic mass is 9.72. The number of aromatic nitrogens is 5. The van der Waals surface area contributed by atoms with Crippen LogP contribution in [0, 0.1) is 11.7 Å². The van der Waals surface area contributed by atoms with Crippen molar-refractivity contribution in [2.24, 2.45) is 11.7 Å². The van der Waals surface area contributed by atoms with E-state index in [0.717, 1.165) is 24.0 Å². The van der Waals surface area contributed by atoms with Gasteiger partial charge in [-0.2, -0.15) is 0 Å². The number of nitrogens with one attached hydrogen (secondary N) is 1. The van der Waals surface area contributed by atoms with E-state index in [2.05, 4.69) is 32.5 Å². The van der Waals surface area contributed by atoms with Crippen LogP contribution in [-0.2, 0) is 6.42 Å². The van der Waals surface area contributed by atoms with Crippen LogP contribution in [0.2, 0.25) is 0 Å². The first-order chi connectivity index (χ1) is 20.1. The van der Waals surface area contributed by atoms with E-state index in [-0.39, 0.29) is 76.3 Å². The fourth-order valence-corrected chi connectivity index (χ4v) is 5.95. The molecule has 4 aromatic rings. The highest BCUT2D eigenvalue weighted by atomic mass is 19.1. The van der Waals surface area contributed by atoms with Gasteiger partial charge in [0.1, 0.15) is 11.5 Å². The van der Waals surface area contributed by atoms with Crippen molar-refractivity contribution in [1.82, 2.24) is 30.3 Å². The second-order valence-corrected chi connectivity index (χ2v) is 11.3. The number of hydrogen-bond donors (Lipinski definition) is 3. The highest BCUT2D eigenvalue weighted by Crippen LogP contribution is 2.42. The molecule has 11 heteroatoms. The Hall–Kier alpha value is -4.51. The van der Waals surface area contributed by atoms with Crippen LogP contribution in [0.25, 0.3) is 11.3 Å². The van der Waals surface area contributed by atoms with Gasteiger partial charge in [0.05, 0.1) is 23.6 Å². The van der Waals surface area contributed by atoms with E-state index in [1.54, 1.807) is 24.7 Å². The molecule has 1 aliphatic rings. The van der Waals surface area contributed by atoms with Crippen molar-refractivity contribution < 1.29 is 14.0 Å². The molecule has 0 bridgehead atoms. The zero-order chi connectivity index (χ0) is 30.0. The number of nitrogens with zero attached hydrogens (tertiary/aromatic N) is 5. The summed E-state index contributed by atoms with van der Waals surface area (Å²) in [6, 6.07) is 8.90. The molecule has 0 unspecified atom stereocenters. The number of nitrogen functional groups attached to an aromatic ring is 1. The van der Waals surface area contributed by atoms with Gasteiger partial charge in [0.25, 0.3) is 5.91 Å². The zero-order valence-corrected chi connectivity index (χ0v) is 23.9. The minimum atomic E-state index is -0.562. The topological polar surface area (TPSA) is 155 Å². The van der Waals surface area contributed by atoms with Crippen molar-refractivity contribution in [3.05, 3.63) is 89.4 Å². The lowest BCUT2D eigenvalue weighted by molar-refractivity contribution is 0.0941. The van der Waals surface area contributed by atoms with Crippen LogP contribution in [0.4, 0.5) is 10.1 Å². The summed E-state index contributed by atoms with van der Waals surface area (Å²) in [5.41, 5.74) is 15.4. The van der Waals surface area contributed by atoms with Gasteiger partial charge < -0.3 is 16.8 Å². The Bertz CT molecular complexity index is 1580. The molecule has 1 amide bonds. The fraction of sp³-hybridized carbons (Fsp3) is 0.355. The first kappa shape index (κ1) is 29.0. The van der Waals surface area contributed by atoms with Gasteiger partial charge in [-0.1, -0.05) is 12.1 Å². The number of carbonyl (C=O) groups excluding carboxylic acids is 2. The molecule has 10 nitrogen and oxygen atoms in total. The maximum Gasteiger partial charge on any atom is 0.251 e. The summed E-state index contributed by atoms with van der Waals surface area (Å²) in [6.45, 7) is 5.84.